The molecule has 1 spiro atoms. The van der Waals surface area contributed by atoms with Crippen molar-refractivity contribution >= 4 is 11.5 Å². The first kappa shape index (κ1) is 36.3. The molecule has 9 nitrogen and oxygen atoms in total. The summed E-state index contributed by atoms with van der Waals surface area (Å²) in [5.41, 5.74) is 14.8. The number of nitrogens with zero attached hydrogens (tertiary/aromatic N) is 2. The van der Waals surface area contributed by atoms with Crippen molar-refractivity contribution in [3.63, 3.8) is 0 Å². The number of aliphatic imine (C=N–C) groups is 1. The summed E-state index contributed by atoms with van der Waals surface area (Å²) in [6, 6.07) is 9.94. The number of Topliss-reactive ketones (excluding diaryl/α,β-unsaturated/α-hetero) is 1. The molecule has 9 heteroatoms. The summed E-state index contributed by atoms with van der Waals surface area (Å²) in [6.07, 6.45) is 15.5. The van der Waals surface area contributed by atoms with Crippen molar-refractivity contribution in [1.82, 2.24) is 10.2 Å². The minimum Gasteiger partial charge on any atom is -0.465 e. The van der Waals surface area contributed by atoms with Gasteiger partial charge >= 0.3 is 0 Å². The number of aryl methyl sites for hydroxylation is 1. The third-order valence-electron chi connectivity index (χ3n) is 13.2. The minimum absolute atomic E-state index is 0.0573. The van der Waals surface area contributed by atoms with E-state index in [-0.39, 0.29) is 30.2 Å². The fourth-order valence-electron chi connectivity index (χ4n) is 10.3. The Morgan fingerprint density at radius 2 is 1.96 bits per heavy atom. The molecule has 1 fully saturated rings. The number of carbonyl (C=O) groups excluding carboxylic acids is 1. The molecule has 5 aliphatic heterocycles. The van der Waals surface area contributed by atoms with Crippen LogP contribution < -0.4 is 20.5 Å². The molecule has 7 aliphatic rings. The molecule has 55 heavy (non-hydrogen) atoms. The maximum atomic E-state index is 12.9. The highest BCUT2D eigenvalue weighted by Gasteiger charge is 2.49. The zero-order valence-electron chi connectivity index (χ0n) is 31.8. The predicted molar refractivity (Wildman–Crippen MR) is 211 cm³/mol. The van der Waals surface area contributed by atoms with Gasteiger partial charge in [0.15, 0.2) is 17.7 Å². The summed E-state index contributed by atoms with van der Waals surface area (Å²) in [6.45, 7) is 3.52. The predicted octanol–water partition coefficient (Wildman–Crippen LogP) is 6.56. The molecule has 5 N–H and O–H groups in total. The maximum Gasteiger partial charge on any atom is 0.187 e. The standard InChI is InChI=1S/C46H52N4O5/c1-2-3-4-7-30(51)23-31(52)11-8-28-9-17-40-41(22-28)55-45-37(46(20-21-54-40)18-5-6-19-46)15-16-39(53)33-13-14-34-42-29(24-49-44(34)47)10-12-32(43(33)42)35-25-48-38-27-50(45)26-36(35)38/h9,13-14,17,22,25-26,29-30,32,37,39,44-45,49,51,53H,2-8,10-12,18-19,23-24,27,47H2,1H3. The van der Waals surface area contributed by atoms with E-state index in [0.717, 1.165) is 92.3 Å². The second-order valence-electron chi connectivity index (χ2n) is 16.7. The van der Waals surface area contributed by atoms with Gasteiger partial charge in [0, 0.05) is 43.3 Å². The van der Waals surface area contributed by atoms with Crippen LogP contribution in [-0.4, -0.2) is 52.0 Å². The molecule has 9 rings (SSSR count). The quantitative estimate of drug-likeness (QED) is 0.168. The van der Waals surface area contributed by atoms with Crippen LogP contribution in [0.15, 0.2) is 58.9 Å². The number of fused-ring (bicyclic) bond motifs is 6. The average molecular weight is 741 g/mol. The van der Waals surface area contributed by atoms with Crippen LogP contribution in [0.25, 0.3) is 0 Å². The van der Waals surface area contributed by atoms with Crippen molar-refractivity contribution in [2.45, 2.75) is 127 Å². The fourth-order valence-corrected chi connectivity index (χ4v) is 10.3. The molecule has 286 valence electrons. The number of rotatable bonds is 9. The lowest BCUT2D eigenvalue weighted by atomic mass is 9.67. The van der Waals surface area contributed by atoms with E-state index in [4.69, 9.17) is 20.2 Å². The van der Waals surface area contributed by atoms with Gasteiger partial charge in [-0.25, -0.2) is 0 Å². The molecule has 2 bridgehead atoms. The first-order valence-electron chi connectivity index (χ1n) is 20.6. The lowest BCUT2D eigenvalue weighted by molar-refractivity contribution is -0.121. The highest BCUT2D eigenvalue weighted by atomic mass is 16.5. The van der Waals surface area contributed by atoms with Crippen LogP contribution in [0.4, 0.5) is 0 Å². The lowest BCUT2D eigenvalue weighted by Crippen LogP contribution is -2.47. The third kappa shape index (κ3) is 6.70. The summed E-state index contributed by atoms with van der Waals surface area (Å²) < 4.78 is 13.3. The van der Waals surface area contributed by atoms with Crippen molar-refractivity contribution in [2.24, 2.45) is 22.1 Å². The smallest absolute Gasteiger partial charge is 0.187 e. The van der Waals surface area contributed by atoms with E-state index in [1.807, 2.05) is 30.5 Å². The van der Waals surface area contributed by atoms with Gasteiger partial charge < -0.3 is 30.3 Å². The monoisotopic (exact) mass is 740 g/mol. The number of hydrogen-bond acceptors (Lipinski definition) is 9. The number of ether oxygens (including phenoxy) is 2. The van der Waals surface area contributed by atoms with E-state index < -0.39 is 23.9 Å². The topological polar surface area (TPSA) is 130 Å². The van der Waals surface area contributed by atoms with Gasteiger partial charge in [0.1, 0.15) is 18.0 Å². The number of benzene rings is 2. The van der Waals surface area contributed by atoms with Crippen LogP contribution in [0.1, 0.15) is 136 Å². The van der Waals surface area contributed by atoms with Crippen LogP contribution in [0.3, 0.4) is 0 Å². The Labute approximate surface area is 324 Å². The minimum atomic E-state index is -1.01. The Hall–Kier alpha value is -4.38. The van der Waals surface area contributed by atoms with Crippen LogP contribution in [0, 0.1) is 35.2 Å². The van der Waals surface area contributed by atoms with Crippen molar-refractivity contribution in [1.29, 1.82) is 0 Å². The zero-order valence-corrected chi connectivity index (χ0v) is 31.8. The fraction of sp³-hybridized carbons (Fsp3) is 0.522. The van der Waals surface area contributed by atoms with Gasteiger partial charge in [0.25, 0.3) is 0 Å². The Morgan fingerprint density at radius 1 is 1.11 bits per heavy atom. The maximum absolute atomic E-state index is 12.9. The Balaban J connectivity index is 1.09. The number of aliphatic hydroxyl groups excluding tert-OH is 2. The van der Waals surface area contributed by atoms with Crippen molar-refractivity contribution in [2.75, 3.05) is 13.1 Å². The number of hydrogen-bond donors (Lipinski definition) is 4. The first-order chi connectivity index (χ1) is 26.8. The summed E-state index contributed by atoms with van der Waals surface area (Å²) >= 11 is 0. The van der Waals surface area contributed by atoms with Gasteiger partial charge in [-0.1, -0.05) is 75.0 Å². The van der Waals surface area contributed by atoms with Gasteiger partial charge in [0.05, 0.1) is 35.9 Å². The SMILES string of the molecule is CCCCCC(O)CC(=O)CCc1ccc2c(c1)OC1C(C#CC(O)c3ccc4c5c3C(CCC5CNC4N)C3=CN=C4CN1C=C34)C1(C#CO2)CCCC1. The van der Waals surface area contributed by atoms with Gasteiger partial charge in [-0.15, -0.1) is 0 Å². The Kier molecular flexibility index (Phi) is 9.85. The molecule has 2 aliphatic carbocycles. The molecule has 5 heterocycles. The molecule has 7 atom stereocenters. The molecular formula is C46H52N4O5. The second-order valence-corrected chi connectivity index (χ2v) is 16.7. The van der Waals surface area contributed by atoms with Gasteiger partial charge in [-0.05, 0) is 90.0 Å². The molecule has 2 aromatic rings. The van der Waals surface area contributed by atoms with Gasteiger partial charge in [0.2, 0.25) is 0 Å². The molecule has 0 aromatic heterocycles. The number of nitrogens with two attached hydrogens (primary N) is 1. The van der Waals surface area contributed by atoms with E-state index in [1.54, 1.807) is 0 Å². The number of ketones is 1. The average Bonchev–Trinajstić information content (AvgIpc) is 3.93. The summed E-state index contributed by atoms with van der Waals surface area (Å²) in [5.74, 6) is 11.7. The number of nitrogens with one attached hydrogen (secondary N) is 1. The van der Waals surface area contributed by atoms with Crippen LogP contribution in [0.2, 0.25) is 0 Å². The second kappa shape index (κ2) is 14.9. The van der Waals surface area contributed by atoms with Gasteiger partial charge in [-0.3, -0.25) is 15.1 Å². The van der Waals surface area contributed by atoms with E-state index in [1.165, 1.54) is 16.7 Å². The number of allylic oxidation sites excluding steroid dienone is 1. The van der Waals surface area contributed by atoms with Crippen LogP contribution in [-0.2, 0) is 11.2 Å². The molecule has 1 saturated carbocycles. The zero-order chi connectivity index (χ0) is 37.7. The van der Waals surface area contributed by atoms with E-state index in [0.29, 0.717) is 43.2 Å². The molecule has 7 unspecified atom stereocenters. The molecule has 2 aromatic carbocycles. The Morgan fingerprint density at radius 3 is 2.82 bits per heavy atom. The largest absolute Gasteiger partial charge is 0.465 e. The highest BCUT2D eigenvalue weighted by Crippen LogP contribution is 2.53. The molecular weight excluding hydrogens is 689 g/mol. The van der Waals surface area contributed by atoms with Gasteiger partial charge in [-0.2, -0.15) is 0 Å². The number of aliphatic hydroxyl groups is 2. The molecule has 0 amide bonds. The summed E-state index contributed by atoms with van der Waals surface area (Å²) in [5, 5.41) is 26.0. The van der Waals surface area contributed by atoms with E-state index >= 15 is 0 Å². The molecule has 0 radical (unpaired) electrons. The van der Waals surface area contributed by atoms with E-state index in [2.05, 4.69) is 53.3 Å². The van der Waals surface area contributed by atoms with Crippen molar-refractivity contribution in [3.05, 3.63) is 81.7 Å². The Bertz CT molecular complexity index is 2090. The normalized spacial score (nSPS) is 28.2. The number of unbranched alkanes of at least 4 members (excludes halogenated alkanes) is 2. The summed E-state index contributed by atoms with van der Waals surface area (Å²) in [4.78, 5) is 20.2. The third-order valence-corrected chi connectivity index (χ3v) is 13.2. The number of carbonyl (C=O) groups is 1. The highest BCUT2D eigenvalue weighted by molar-refractivity contribution is 6.09. The summed E-state index contributed by atoms with van der Waals surface area (Å²) in [7, 11) is 0. The lowest BCUT2D eigenvalue weighted by Gasteiger charge is -2.41. The van der Waals surface area contributed by atoms with E-state index in [9.17, 15) is 15.0 Å². The molecule has 0 saturated heterocycles. The van der Waals surface area contributed by atoms with Crippen LogP contribution >= 0.6 is 0 Å². The first-order valence-corrected chi connectivity index (χ1v) is 20.6. The van der Waals surface area contributed by atoms with Crippen molar-refractivity contribution in [3.8, 4) is 35.4 Å². The van der Waals surface area contributed by atoms with Crippen LogP contribution in [0.5, 0.6) is 11.5 Å². The van der Waals surface area contributed by atoms with Crippen molar-refractivity contribution < 1.29 is 24.5 Å².